The number of halogens is 1. The highest BCUT2D eigenvalue weighted by atomic mass is 19.1. The van der Waals surface area contributed by atoms with E-state index in [-0.39, 0.29) is 17.6 Å². The fourth-order valence-electron chi connectivity index (χ4n) is 5.21. The van der Waals surface area contributed by atoms with E-state index in [4.69, 9.17) is 9.84 Å². The highest BCUT2D eigenvalue weighted by molar-refractivity contribution is 5.79. The van der Waals surface area contributed by atoms with Crippen molar-refractivity contribution in [2.24, 2.45) is 5.92 Å². The molecule has 0 radical (unpaired) electrons. The van der Waals surface area contributed by atoms with Gasteiger partial charge >= 0.3 is 0 Å². The lowest BCUT2D eigenvalue weighted by molar-refractivity contribution is -0.136. The van der Waals surface area contributed by atoms with E-state index in [1.807, 2.05) is 22.6 Å². The lowest BCUT2D eigenvalue weighted by Crippen LogP contribution is -2.47. The quantitative estimate of drug-likeness (QED) is 0.559. The third-order valence-electron chi connectivity index (χ3n) is 7.26. The molecule has 7 nitrogen and oxygen atoms in total. The fraction of sp³-hybridized carbons (Fsp3) is 0.615. The van der Waals surface area contributed by atoms with Gasteiger partial charge in [-0.05, 0) is 44.5 Å². The third-order valence-corrected chi connectivity index (χ3v) is 7.26. The molecule has 0 unspecified atom stereocenters. The maximum Gasteiger partial charge on any atom is 0.226 e. The Morgan fingerprint density at radius 3 is 2.59 bits per heavy atom. The number of carbonyl (C=O) groups is 1. The first-order chi connectivity index (χ1) is 16.5. The van der Waals surface area contributed by atoms with E-state index in [1.165, 1.54) is 12.1 Å². The standard InChI is InChI=1S/C26H38FN5O2/c1-4-29-12-14-30(15-13-29)25-24(20(2)28-32(25)23-11-7-10-22(27)18-23)19-31(16-17-34-3)26(33)21-8-5-6-9-21/h7,10-11,18,21H,4-6,8-9,12-17,19H2,1-3H3. The molecule has 1 amide bonds. The van der Waals surface area contributed by atoms with Crippen LogP contribution in [0.15, 0.2) is 24.3 Å². The number of hydrogen-bond acceptors (Lipinski definition) is 5. The number of rotatable bonds is 9. The second-order valence-corrected chi connectivity index (χ2v) is 9.43. The van der Waals surface area contributed by atoms with Gasteiger partial charge in [0, 0.05) is 51.3 Å². The second-order valence-electron chi connectivity index (χ2n) is 9.43. The molecule has 34 heavy (non-hydrogen) atoms. The number of ether oxygens (including phenoxy) is 1. The Hall–Kier alpha value is -2.45. The molecule has 0 atom stereocenters. The zero-order chi connectivity index (χ0) is 24.1. The van der Waals surface area contributed by atoms with Crippen LogP contribution in [0.1, 0.15) is 43.9 Å². The summed E-state index contributed by atoms with van der Waals surface area (Å²) in [7, 11) is 1.67. The van der Waals surface area contributed by atoms with E-state index in [1.54, 1.807) is 13.2 Å². The number of amides is 1. The number of likely N-dealkylation sites (N-methyl/N-ethyl adjacent to an activating group) is 1. The molecule has 1 aromatic carbocycles. The first-order valence-corrected chi connectivity index (χ1v) is 12.6. The molecule has 0 bridgehead atoms. The predicted molar refractivity (Wildman–Crippen MR) is 132 cm³/mol. The van der Waals surface area contributed by atoms with Crippen molar-refractivity contribution < 1.29 is 13.9 Å². The van der Waals surface area contributed by atoms with Gasteiger partial charge < -0.3 is 19.4 Å². The maximum absolute atomic E-state index is 14.1. The molecule has 2 heterocycles. The number of aryl methyl sites for hydroxylation is 1. The van der Waals surface area contributed by atoms with Gasteiger partial charge in [0.05, 0.1) is 24.5 Å². The van der Waals surface area contributed by atoms with E-state index in [0.717, 1.165) is 75.5 Å². The summed E-state index contributed by atoms with van der Waals surface area (Å²) in [6, 6.07) is 6.58. The summed E-state index contributed by atoms with van der Waals surface area (Å²) in [6.07, 6.45) is 4.18. The number of nitrogens with zero attached hydrogens (tertiary/aromatic N) is 5. The predicted octanol–water partition coefficient (Wildman–Crippen LogP) is 3.63. The van der Waals surface area contributed by atoms with Crippen molar-refractivity contribution in [2.45, 2.75) is 46.1 Å². The van der Waals surface area contributed by atoms with Gasteiger partial charge in [0.15, 0.2) is 0 Å². The molecule has 1 aliphatic carbocycles. The molecule has 1 saturated heterocycles. The average molecular weight is 472 g/mol. The lowest BCUT2D eigenvalue weighted by atomic mass is 10.1. The summed E-state index contributed by atoms with van der Waals surface area (Å²) in [5.41, 5.74) is 2.61. The van der Waals surface area contributed by atoms with Gasteiger partial charge in [-0.15, -0.1) is 0 Å². The first kappa shape index (κ1) is 24.7. The van der Waals surface area contributed by atoms with Crippen LogP contribution in [-0.4, -0.2) is 78.5 Å². The molecule has 8 heteroatoms. The van der Waals surface area contributed by atoms with Crippen molar-refractivity contribution in [3.63, 3.8) is 0 Å². The van der Waals surface area contributed by atoms with Crippen molar-refractivity contribution in [1.29, 1.82) is 0 Å². The number of anilines is 1. The van der Waals surface area contributed by atoms with Gasteiger partial charge in [0.1, 0.15) is 11.6 Å². The maximum atomic E-state index is 14.1. The fourth-order valence-corrected chi connectivity index (χ4v) is 5.21. The van der Waals surface area contributed by atoms with Gasteiger partial charge in [-0.3, -0.25) is 4.79 Å². The molecule has 0 spiro atoms. The van der Waals surface area contributed by atoms with Gasteiger partial charge in [-0.25, -0.2) is 9.07 Å². The van der Waals surface area contributed by atoms with Crippen LogP contribution in [0.2, 0.25) is 0 Å². The molecular formula is C26H38FN5O2. The molecule has 2 aromatic rings. The molecule has 1 aromatic heterocycles. The van der Waals surface area contributed by atoms with Gasteiger partial charge in [-0.2, -0.15) is 5.10 Å². The van der Waals surface area contributed by atoms with Gasteiger partial charge in [0.25, 0.3) is 0 Å². The highest BCUT2D eigenvalue weighted by Gasteiger charge is 2.31. The third kappa shape index (κ3) is 5.44. The summed E-state index contributed by atoms with van der Waals surface area (Å²) in [5.74, 6) is 1.01. The molecule has 2 aliphatic rings. The Labute approximate surface area is 202 Å². The molecule has 186 valence electrons. The molecule has 0 N–H and O–H groups in total. The number of benzene rings is 1. The minimum atomic E-state index is -0.285. The van der Waals surface area contributed by atoms with E-state index < -0.39 is 0 Å². The van der Waals surface area contributed by atoms with Crippen molar-refractivity contribution in [3.8, 4) is 5.69 Å². The zero-order valence-corrected chi connectivity index (χ0v) is 20.8. The second kappa shape index (κ2) is 11.3. The number of aromatic nitrogens is 2. The Bertz CT molecular complexity index is 964. The molecule has 1 saturated carbocycles. The van der Waals surface area contributed by atoms with Crippen LogP contribution in [0.5, 0.6) is 0 Å². The van der Waals surface area contributed by atoms with Crippen molar-refractivity contribution >= 4 is 11.7 Å². The van der Waals surface area contributed by atoms with E-state index in [9.17, 15) is 9.18 Å². The molecule has 2 fully saturated rings. The van der Waals surface area contributed by atoms with Crippen LogP contribution in [0.3, 0.4) is 0 Å². The highest BCUT2D eigenvalue weighted by Crippen LogP contribution is 2.32. The Kier molecular flexibility index (Phi) is 8.21. The SMILES string of the molecule is CCN1CCN(c2c(CN(CCOC)C(=O)C3CCCC3)c(C)nn2-c2cccc(F)c2)CC1. The van der Waals surface area contributed by atoms with Crippen LogP contribution < -0.4 is 4.90 Å². The monoisotopic (exact) mass is 471 g/mol. The van der Waals surface area contributed by atoms with Crippen molar-refractivity contribution in [2.75, 3.05) is 57.9 Å². The van der Waals surface area contributed by atoms with Gasteiger partial charge in [0.2, 0.25) is 5.91 Å². The topological polar surface area (TPSA) is 53.8 Å². The summed E-state index contributed by atoms with van der Waals surface area (Å²) in [5, 5.41) is 4.85. The summed E-state index contributed by atoms with van der Waals surface area (Å²) >= 11 is 0. The number of piperazine rings is 1. The first-order valence-electron chi connectivity index (χ1n) is 12.6. The van der Waals surface area contributed by atoms with Crippen molar-refractivity contribution in [3.05, 3.63) is 41.3 Å². The average Bonchev–Trinajstić information content (AvgIpc) is 3.50. The van der Waals surface area contributed by atoms with Crippen molar-refractivity contribution in [1.82, 2.24) is 19.6 Å². The van der Waals surface area contributed by atoms with Crippen LogP contribution in [0.4, 0.5) is 10.2 Å². The Morgan fingerprint density at radius 2 is 1.94 bits per heavy atom. The van der Waals surface area contributed by atoms with Gasteiger partial charge in [-0.1, -0.05) is 25.8 Å². The molecule has 4 rings (SSSR count). The minimum Gasteiger partial charge on any atom is -0.383 e. The van der Waals surface area contributed by atoms with Crippen LogP contribution >= 0.6 is 0 Å². The summed E-state index contributed by atoms with van der Waals surface area (Å²) < 4.78 is 21.3. The normalized spacial score (nSPS) is 17.5. The van der Waals surface area contributed by atoms with E-state index in [2.05, 4.69) is 16.7 Å². The van der Waals surface area contributed by atoms with E-state index in [0.29, 0.717) is 25.4 Å². The smallest absolute Gasteiger partial charge is 0.226 e. The lowest BCUT2D eigenvalue weighted by Gasteiger charge is -2.36. The Morgan fingerprint density at radius 1 is 1.21 bits per heavy atom. The number of carbonyl (C=O) groups excluding carboxylic acids is 1. The minimum absolute atomic E-state index is 0.104. The summed E-state index contributed by atoms with van der Waals surface area (Å²) in [6.45, 7) is 10.4. The number of methoxy groups -OCH3 is 1. The number of hydrogen-bond donors (Lipinski definition) is 0. The Balaban J connectivity index is 1.70. The van der Waals surface area contributed by atoms with E-state index >= 15 is 0 Å². The zero-order valence-electron chi connectivity index (χ0n) is 20.8. The van der Waals surface area contributed by atoms with Crippen LogP contribution in [0.25, 0.3) is 5.69 Å². The summed E-state index contributed by atoms with van der Waals surface area (Å²) in [4.78, 5) is 20.2. The van der Waals surface area contributed by atoms with Crippen LogP contribution in [-0.2, 0) is 16.1 Å². The molecular weight excluding hydrogens is 433 g/mol. The van der Waals surface area contributed by atoms with Crippen LogP contribution in [0, 0.1) is 18.7 Å². The largest absolute Gasteiger partial charge is 0.383 e. The molecule has 1 aliphatic heterocycles.